The number of carbonyl (C=O) groups excluding carboxylic acids is 1. The lowest BCUT2D eigenvalue weighted by Gasteiger charge is -2.05. The van der Waals surface area contributed by atoms with E-state index in [0.29, 0.717) is 19.0 Å². The first-order chi connectivity index (χ1) is 6.33. The van der Waals surface area contributed by atoms with Gasteiger partial charge in [0.25, 0.3) is 0 Å². The van der Waals surface area contributed by atoms with Crippen LogP contribution in [0.25, 0.3) is 0 Å². The van der Waals surface area contributed by atoms with Crippen LogP contribution >= 0.6 is 0 Å². The lowest BCUT2D eigenvalue weighted by molar-refractivity contribution is -0.135. The Labute approximate surface area is 76.2 Å². The van der Waals surface area contributed by atoms with Gasteiger partial charge in [-0.3, -0.25) is 0 Å². The predicted molar refractivity (Wildman–Crippen MR) is 42.8 cm³/mol. The zero-order valence-electron chi connectivity index (χ0n) is 7.45. The molecular formula is C8H12O5. The number of ether oxygens (including phenoxy) is 4. The van der Waals surface area contributed by atoms with E-state index < -0.39 is 0 Å². The molecule has 0 aromatic carbocycles. The third-order valence-corrected chi connectivity index (χ3v) is 1.39. The summed E-state index contributed by atoms with van der Waals surface area (Å²) in [5.74, 6) is 0.134. The lowest BCUT2D eigenvalue weighted by atomic mass is 10.5. The molecule has 0 spiro atoms. The molecule has 0 aromatic heterocycles. The number of rotatable bonds is 6. The van der Waals surface area contributed by atoms with Crippen molar-refractivity contribution in [3.05, 3.63) is 11.8 Å². The fourth-order valence-corrected chi connectivity index (χ4v) is 0.759. The molecule has 1 aliphatic rings. The Morgan fingerprint density at radius 2 is 2.38 bits per heavy atom. The molecule has 0 aromatic rings. The van der Waals surface area contributed by atoms with Gasteiger partial charge in [-0.2, -0.15) is 0 Å². The Balaban J connectivity index is 2.00. The Kier molecular flexibility index (Phi) is 4.28. The SMILES string of the molecule is COCCOCOC1=CC(=O)OC1. The van der Waals surface area contributed by atoms with Crippen LogP contribution in [0.2, 0.25) is 0 Å². The minimum absolute atomic E-state index is 0.117. The van der Waals surface area contributed by atoms with Crippen LogP contribution in [0.15, 0.2) is 11.8 Å². The molecule has 0 saturated heterocycles. The molecule has 74 valence electrons. The molecule has 0 fully saturated rings. The molecule has 0 aliphatic carbocycles. The summed E-state index contributed by atoms with van der Waals surface area (Å²) in [6, 6.07) is 0. The Morgan fingerprint density at radius 3 is 3.00 bits per heavy atom. The van der Waals surface area contributed by atoms with Gasteiger partial charge in [-0.25, -0.2) is 4.79 Å². The van der Waals surface area contributed by atoms with Crippen molar-refractivity contribution < 1.29 is 23.7 Å². The topological polar surface area (TPSA) is 54.0 Å². The smallest absolute Gasteiger partial charge is 0.334 e. The fraction of sp³-hybridized carbons (Fsp3) is 0.625. The molecule has 0 amide bonds. The van der Waals surface area contributed by atoms with E-state index in [1.54, 1.807) is 7.11 Å². The first kappa shape index (κ1) is 10.0. The number of hydrogen-bond donors (Lipinski definition) is 0. The maximum absolute atomic E-state index is 10.5. The average Bonchev–Trinajstić information content (AvgIpc) is 2.51. The second kappa shape index (κ2) is 5.55. The van der Waals surface area contributed by atoms with Crippen molar-refractivity contribution in [1.82, 2.24) is 0 Å². The van der Waals surface area contributed by atoms with Crippen LogP contribution in [-0.2, 0) is 23.7 Å². The van der Waals surface area contributed by atoms with E-state index >= 15 is 0 Å². The van der Waals surface area contributed by atoms with Crippen molar-refractivity contribution in [2.45, 2.75) is 0 Å². The number of carbonyl (C=O) groups is 1. The Hall–Kier alpha value is -1.07. The maximum atomic E-state index is 10.5. The van der Waals surface area contributed by atoms with Crippen molar-refractivity contribution in [1.29, 1.82) is 0 Å². The van der Waals surface area contributed by atoms with Crippen LogP contribution in [0.5, 0.6) is 0 Å². The lowest BCUT2D eigenvalue weighted by Crippen LogP contribution is -2.06. The normalized spacial score (nSPS) is 15.5. The van der Waals surface area contributed by atoms with Crippen molar-refractivity contribution in [3.8, 4) is 0 Å². The van der Waals surface area contributed by atoms with Gasteiger partial charge < -0.3 is 18.9 Å². The molecule has 13 heavy (non-hydrogen) atoms. The molecule has 5 nitrogen and oxygen atoms in total. The van der Waals surface area contributed by atoms with E-state index in [1.165, 1.54) is 6.08 Å². The largest absolute Gasteiger partial charge is 0.468 e. The van der Waals surface area contributed by atoms with Crippen LogP contribution in [0.4, 0.5) is 0 Å². The minimum Gasteiger partial charge on any atom is -0.468 e. The van der Waals surface area contributed by atoms with Crippen LogP contribution < -0.4 is 0 Å². The van der Waals surface area contributed by atoms with Gasteiger partial charge in [-0.05, 0) is 0 Å². The molecule has 0 unspecified atom stereocenters. The van der Waals surface area contributed by atoms with Gasteiger partial charge in [0.1, 0.15) is 12.4 Å². The third-order valence-electron chi connectivity index (χ3n) is 1.39. The number of esters is 1. The highest BCUT2D eigenvalue weighted by Gasteiger charge is 2.13. The molecule has 0 radical (unpaired) electrons. The van der Waals surface area contributed by atoms with Gasteiger partial charge in [0, 0.05) is 7.11 Å². The van der Waals surface area contributed by atoms with Crippen molar-refractivity contribution in [2.75, 3.05) is 33.7 Å². The second-order valence-electron chi connectivity index (χ2n) is 2.38. The van der Waals surface area contributed by atoms with Gasteiger partial charge in [0.15, 0.2) is 6.79 Å². The molecule has 5 heteroatoms. The van der Waals surface area contributed by atoms with Crippen LogP contribution in [-0.4, -0.2) is 39.7 Å². The summed E-state index contributed by atoms with van der Waals surface area (Å²) in [6.07, 6.45) is 1.31. The van der Waals surface area contributed by atoms with E-state index in [-0.39, 0.29) is 19.4 Å². The standard InChI is InChI=1S/C8H12O5/c1-10-2-3-11-6-13-7-4-8(9)12-5-7/h4H,2-3,5-6H2,1H3. The molecule has 1 aliphatic heterocycles. The summed E-state index contributed by atoms with van der Waals surface area (Å²) in [4.78, 5) is 10.5. The monoisotopic (exact) mass is 188 g/mol. The van der Waals surface area contributed by atoms with Crippen molar-refractivity contribution in [3.63, 3.8) is 0 Å². The quantitative estimate of drug-likeness (QED) is 0.335. The van der Waals surface area contributed by atoms with Gasteiger partial charge in [0.2, 0.25) is 0 Å². The molecule has 0 bridgehead atoms. The summed E-state index contributed by atoms with van der Waals surface area (Å²) < 4.78 is 19.4. The predicted octanol–water partition coefficient (Wildman–Crippen LogP) is 0.0642. The van der Waals surface area contributed by atoms with Crippen LogP contribution in [0.3, 0.4) is 0 Å². The van der Waals surface area contributed by atoms with Gasteiger partial charge >= 0.3 is 5.97 Å². The van der Waals surface area contributed by atoms with E-state index in [1.807, 2.05) is 0 Å². The van der Waals surface area contributed by atoms with Gasteiger partial charge in [-0.1, -0.05) is 0 Å². The molecule has 1 heterocycles. The van der Waals surface area contributed by atoms with E-state index in [0.717, 1.165) is 0 Å². The number of cyclic esters (lactones) is 1. The minimum atomic E-state index is -0.369. The zero-order chi connectivity index (χ0) is 9.52. The maximum Gasteiger partial charge on any atom is 0.334 e. The molecule has 0 N–H and O–H groups in total. The first-order valence-electron chi connectivity index (χ1n) is 3.89. The Bertz CT molecular complexity index is 199. The van der Waals surface area contributed by atoms with Crippen molar-refractivity contribution in [2.24, 2.45) is 0 Å². The molecular weight excluding hydrogens is 176 g/mol. The number of hydrogen-bond acceptors (Lipinski definition) is 5. The van der Waals surface area contributed by atoms with Gasteiger partial charge in [-0.15, -0.1) is 0 Å². The summed E-state index contributed by atoms with van der Waals surface area (Å²) in [5.41, 5.74) is 0. The van der Waals surface area contributed by atoms with E-state index in [9.17, 15) is 4.79 Å². The summed E-state index contributed by atoms with van der Waals surface area (Å²) in [6.45, 7) is 1.31. The summed E-state index contributed by atoms with van der Waals surface area (Å²) >= 11 is 0. The van der Waals surface area contributed by atoms with Gasteiger partial charge in [0.05, 0.1) is 19.3 Å². The highest BCUT2D eigenvalue weighted by Crippen LogP contribution is 2.06. The average molecular weight is 188 g/mol. The highest BCUT2D eigenvalue weighted by molar-refractivity contribution is 5.84. The van der Waals surface area contributed by atoms with Crippen molar-refractivity contribution >= 4 is 5.97 Å². The van der Waals surface area contributed by atoms with E-state index in [2.05, 4.69) is 4.74 Å². The fourth-order valence-electron chi connectivity index (χ4n) is 0.759. The first-order valence-corrected chi connectivity index (χ1v) is 3.89. The molecule has 0 saturated carbocycles. The Morgan fingerprint density at radius 1 is 1.54 bits per heavy atom. The highest BCUT2D eigenvalue weighted by atomic mass is 16.7. The third kappa shape index (κ3) is 3.91. The second-order valence-corrected chi connectivity index (χ2v) is 2.38. The summed E-state index contributed by atoms with van der Waals surface area (Å²) in [5, 5.41) is 0. The van der Waals surface area contributed by atoms with E-state index in [4.69, 9.17) is 14.2 Å². The molecule has 0 atom stereocenters. The zero-order valence-corrected chi connectivity index (χ0v) is 7.45. The summed E-state index contributed by atoms with van der Waals surface area (Å²) in [7, 11) is 1.59. The number of methoxy groups -OCH3 is 1. The van der Waals surface area contributed by atoms with Crippen LogP contribution in [0, 0.1) is 0 Å². The van der Waals surface area contributed by atoms with Crippen LogP contribution in [0.1, 0.15) is 0 Å². The molecule has 1 rings (SSSR count).